The lowest BCUT2D eigenvalue weighted by Gasteiger charge is -2.04. The highest BCUT2D eigenvalue weighted by Crippen LogP contribution is 2.27. The summed E-state index contributed by atoms with van der Waals surface area (Å²) in [5, 5.41) is 9.19. The van der Waals surface area contributed by atoms with Crippen LogP contribution in [-0.4, -0.2) is 29.5 Å². The Balaban J connectivity index is 0.000000771. The van der Waals surface area contributed by atoms with Gasteiger partial charge in [0.05, 0.1) is 0 Å². The molecule has 0 saturated carbocycles. The van der Waals surface area contributed by atoms with Gasteiger partial charge in [0.1, 0.15) is 0 Å². The van der Waals surface area contributed by atoms with Gasteiger partial charge < -0.3 is 0 Å². The van der Waals surface area contributed by atoms with Crippen LogP contribution in [0.5, 0.6) is 0 Å². The molecule has 5 rings (SSSR count). The quantitative estimate of drug-likeness (QED) is 0.306. The molecular weight excluding hydrogens is 420 g/mol. The van der Waals surface area contributed by atoms with E-state index in [1.807, 2.05) is 130 Å². The van der Waals surface area contributed by atoms with Gasteiger partial charge in [0, 0.05) is 36.3 Å². The predicted octanol–water partition coefficient (Wildman–Crippen LogP) is 6.66. The summed E-state index contributed by atoms with van der Waals surface area (Å²) in [5.41, 5.74) is 3.95. The molecule has 0 aliphatic rings. The fourth-order valence-electron chi connectivity index (χ4n) is 3.49. The Hall–Kier alpha value is -4.06. The zero-order valence-electron chi connectivity index (χ0n) is 20.8. The maximum absolute atomic E-state index is 4.77. The molecule has 0 unspecified atom stereocenters. The molecule has 174 valence electrons. The van der Waals surface area contributed by atoms with Crippen molar-refractivity contribution in [1.82, 2.24) is 29.5 Å². The molecule has 0 radical (unpaired) electrons. The Morgan fingerprint density at radius 2 is 0.824 bits per heavy atom. The number of aryl methyl sites for hydroxylation is 2. The first-order valence-electron chi connectivity index (χ1n) is 11.7. The first-order chi connectivity index (χ1) is 16.7. The normalized spacial score (nSPS) is 10.1. The second-order valence-corrected chi connectivity index (χ2v) is 7.08. The summed E-state index contributed by atoms with van der Waals surface area (Å²) in [6.45, 7) is 8.00. The molecule has 0 atom stereocenters. The van der Waals surface area contributed by atoms with E-state index in [1.54, 1.807) is 0 Å². The maximum Gasteiger partial charge on any atom is 0.181 e. The summed E-state index contributed by atoms with van der Waals surface area (Å²) < 4.78 is 3.63. The van der Waals surface area contributed by atoms with Crippen molar-refractivity contribution < 1.29 is 0 Å². The fraction of sp³-hybridized carbons (Fsp3) is 0.214. The van der Waals surface area contributed by atoms with Crippen LogP contribution >= 0.6 is 0 Å². The van der Waals surface area contributed by atoms with Gasteiger partial charge in [-0.25, -0.2) is 19.3 Å². The van der Waals surface area contributed by atoms with Gasteiger partial charge in [-0.3, -0.25) is 0 Å². The summed E-state index contributed by atoms with van der Waals surface area (Å²) in [5.74, 6) is 3.04. The highest BCUT2D eigenvalue weighted by atomic mass is 15.3. The molecule has 0 aliphatic heterocycles. The van der Waals surface area contributed by atoms with Gasteiger partial charge in [-0.15, -0.1) is 0 Å². The van der Waals surface area contributed by atoms with Gasteiger partial charge in [-0.1, -0.05) is 107 Å². The van der Waals surface area contributed by atoms with E-state index in [0.717, 1.165) is 33.9 Å². The minimum absolute atomic E-state index is 0.712. The van der Waals surface area contributed by atoms with Crippen LogP contribution in [0.1, 0.15) is 27.7 Å². The highest BCUT2D eigenvalue weighted by molar-refractivity contribution is 5.69. The monoisotopic (exact) mass is 452 g/mol. The summed E-state index contributed by atoms with van der Waals surface area (Å²) >= 11 is 0. The van der Waals surface area contributed by atoms with Gasteiger partial charge in [0.2, 0.25) is 0 Å². The van der Waals surface area contributed by atoms with Gasteiger partial charge in [-0.05, 0) is 6.07 Å². The van der Waals surface area contributed by atoms with Crippen LogP contribution in [0.15, 0.2) is 84.9 Å². The van der Waals surface area contributed by atoms with Crippen LogP contribution in [0.25, 0.3) is 45.6 Å². The molecule has 6 heteroatoms. The molecular formula is C28H32N6. The van der Waals surface area contributed by atoms with Crippen molar-refractivity contribution in [2.24, 2.45) is 14.1 Å². The average molecular weight is 453 g/mol. The van der Waals surface area contributed by atoms with E-state index in [-0.39, 0.29) is 0 Å². The van der Waals surface area contributed by atoms with Gasteiger partial charge >= 0.3 is 0 Å². The second-order valence-electron chi connectivity index (χ2n) is 7.08. The lowest BCUT2D eigenvalue weighted by Crippen LogP contribution is -1.97. The van der Waals surface area contributed by atoms with E-state index in [1.165, 1.54) is 0 Å². The standard InChI is InChI=1S/C24H20N6.2C2H6/c1-29-23(25-21(27-29)17-10-5-3-6-11-17)19-14-9-15-20(16-19)24-26-22(28-30(24)2)18-12-7-4-8-13-18;2*1-2/h3-16H,1-2H3;2*1-2H3. The molecule has 34 heavy (non-hydrogen) atoms. The Labute approximate surface area is 202 Å². The zero-order chi connectivity index (χ0) is 24.5. The van der Waals surface area contributed by atoms with Crippen molar-refractivity contribution in [2.75, 3.05) is 0 Å². The number of aromatic nitrogens is 6. The number of benzene rings is 3. The third-order valence-corrected chi connectivity index (χ3v) is 4.97. The molecule has 0 saturated heterocycles. The van der Waals surface area contributed by atoms with Crippen LogP contribution in [0.3, 0.4) is 0 Å². The van der Waals surface area contributed by atoms with Crippen LogP contribution < -0.4 is 0 Å². The SMILES string of the molecule is CC.CC.Cn1nc(-c2ccccc2)nc1-c1cccc(-c2nc(-c3ccccc3)nn2C)c1. The summed E-state index contributed by atoms with van der Waals surface area (Å²) in [6.07, 6.45) is 0. The molecule has 2 heterocycles. The van der Waals surface area contributed by atoms with E-state index in [4.69, 9.17) is 9.97 Å². The van der Waals surface area contributed by atoms with Crippen molar-refractivity contribution in [3.63, 3.8) is 0 Å². The largest absolute Gasteiger partial charge is 0.248 e. The number of hydrogen-bond acceptors (Lipinski definition) is 4. The highest BCUT2D eigenvalue weighted by Gasteiger charge is 2.15. The molecule has 0 N–H and O–H groups in total. The predicted molar refractivity (Wildman–Crippen MR) is 140 cm³/mol. The molecule has 0 aliphatic carbocycles. The topological polar surface area (TPSA) is 61.4 Å². The Bertz CT molecular complexity index is 1200. The molecule has 0 bridgehead atoms. The molecule has 3 aromatic carbocycles. The third kappa shape index (κ3) is 5.29. The molecule has 5 aromatic rings. The molecule has 0 spiro atoms. The Kier molecular flexibility index (Phi) is 8.46. The van der Waals surface area contributed by atoms with E-state index >= 15 is 0 Å². The molecule has 6 nitrogen and oxygen atoms in total. The summed E-state index contributed by atoms with van der Waals surface area (Å²) in [4.78, 5) is 9.54. The minimum Gasteiger partial charge on any atom is -0.248 e. The number of nitrogens with zero attached hydrogens (tertiary/aromatic N) is 6. The zero-order valence-corrected chi connectivity index (χ0v) is 20.8. The second kappa shape index (κ2) is 11.7. The van der Waals surface area contributed by atoms with Crippen molar-refractivity contribution in [2.45, 2.75) is 27.7 Å². The van der Waals surface area contributed by atoms with E-state index in [2.05, 4.69) is 16.3 Å². The lowest BCUT2D eigenvalue weighted by atomic mass is 10.1. The Morgan fingerprint density at radius 1 is 0.471 bits per heavy atom. The Morgan fingerprint density at radius 3 is 1.21 bits per heavy atom. The lowest BCUT2D eigenvalue weighted by molar-refractivity contribution is 0.775. The third-order valence-electron chi connectivity index (χ3n) is 4.97. The summed E-state index contributed by atoms with van der Waals surface area (Å²) in [7, 11) is 3.83. The van der Waals surface area contributed by atoms with Crippen LogP contribution in [0.4, 0.5) is 0 Å². The van der Waals surface area contributed by atoms with E-state index in [0.29, 0.717) is 11.6 Å². The first-order valence-corrected chi connectivity index (χ1v) is 11.7. The van der Waals surface area contributed by atoms with Gasteiger partial charge in [0.15, 0.2) is 23.3 Å². The van der Waals surface area contributed by atoms with Crippen LogP contribution in [0.2, 0.25) is 0 Å². The van der Waals surface area contributed by atoms with Crippen LogP contribution in [0, 0.1) is 0 Å². The first kappa shape index (κ1) is 24.6. The van der Waals surface area contributed by atoms with Gasteiger partial charge in [-0.2, -0.15) is 10.2 Å². The number of rotatable bonds is 4. The summed E-state index contributed by atoms with van der Waals surface area (Å²) in [6, 6.07) is 28.2. The minimum atomic E-state index is 0.712. The maximum atomic E-state index is 4.77. The average Bonchev–Trinajstić information content (AvgIpc) is 3.50. The molecule has 2 aromatic heterocycles. The van der Waals surface area contributed by atoms with Crippen LogP contribution in [-0.2, 0) is 14.1 Å². The smallest absolute Gasteiger partial charge is 0.181 e. The fourth-order valence-corrected chi connectivity index (χ4v) is 3.49. The van der Waals surface area contributed by atoms with E-state index in [9.17, 15) is 0 Å². The van der Waals surface area contributed by atoms with Crippen molar-refractivity contribution in [3.8, 4) is 45.6 Å². The number of hydrogen-bond donors (Lipinski definition) is 0. The molecule has 0 amide bonds. The van der Waals surface area contributed by atoms with Crippen molar-refractivity contribution >= 4 is 0 Å². The van der Waals surface area contributed by atoms with E-state index < -0.39 is 0 Å². The molecule has 0 fully saturated rings. The van der Waals surface area contributed by atoms with Crippen molar-refractivity contribution in [1.29, 1.82) is 0 Å². The van der Waals surface area contributed by atoms with Gasteiger partial charge in [0.25, 0.3) is 0 Å². The van der Waals surface area contributed by atoms with Crippen molar-refractivity contribution in [3.05, 3.63) is 84.9 Å².